The zero-order valence-corrected chi connectivity index (χ0v) is 17.1. The molecule has 8 heteroatoms. The lowest BCUT2D eigenvalue weighted by atomic mass is 10.1. The molecule has 1 aliphatic rings. The van der Waals surface area contributed by atoms with E-state index >= 15 is 0 Å². The largest absolute Gasteiger partial charge is 0.372 e. The van der Waals surface area contributed by atoms with Crippen LogP contribution in [0.5, 0.6) is 0 Å². The molecule has 1 fully saturated rings. The molecule has 2 aromatic heterocycles. The van der Waals surface area contributed by atoms with Gasteiger partial charge >= 0.3 is 0 Å². The van der Waals surface area contributed by atoms with E-state index in [1.807, 2.05) is 32.0 Å². The van der Waals surface area contributed by atoms with Crippen LogP contribution in [-0.4, -0.2) is 46.8 Å². The summed E-state index contributed by atoms with van der Waals surface area (Å²) in [5.74, 6) is 0.398. The van der Waals surface area contributed by atoms with Gasteiger partial charge < -0.3 is 15.0 Å². The number of nitrogens with one attached hydrogen (secondary N) is 1. The van der Waals surface area contributed by atoms with Crippen molar-refractivity contribution in [3.63, 3.8) is 0 Å². The first-order valence-electron chi connectivity index (χ1n) is 9.75. The Balaban J connectivity index is 1.73. The Labute approximate surface area is 168 Å². The number of ether oxygens (including phenoxy) is 1. The van der Waals surface area contributed by atoms with Gasteiger partial charge in [-0.1, -0.05) is 35.1 Å². The van der Waals surface area contributed by atoms with E-state index in [4.69, 9.17) is 14.8 Å². The fourth-order valence-electron chi connectivity index (χ4n) is 3.42. The number of aryl methyl sites for hydroxylation is 1. The highest BCUT2D eigenvalue weighted by Gasteiger charge is 2.22. The number of benzene rings is 1. The lowest BCUT2D eigenvalue weighted by Gasteiger charge is -2.25. The van der Waals surface area contributed by atoms with Gasteiger partial charge in [-0.05, 0) is 39.2 Å². The smallest absolute Gasteiger partial charge is 0.251 e. The second-order valence-electron chi connectivity index (χ2n) is 6.99. The first kappa shape index (κ1) is 18.9. The Morgan fingerprint density at radius 2 is 2.11 bits per heavy atom. The Morgan fingerprint density at radius 1 is 1.29 bits per heavy atom. The third-order valence-corrected chi connectivity index (χ3v) is 5.78. The molecule has 1 aliphatic heterocycles. The van der Waals surface area contributed by atoms with Gasteiger partial charge in [-0.15, -0.1) is 5.10 Å². The van der Waals surface area contributed by atoms with Crippen molar-refractivity contribution in [3.05, 3.63) is 29.8 Å². The molecule has 28 heavy (non-hydrogen) atoms. The highest BCUT2D eigenvalue weighted by atomic mass is 32.1. The Morgan fingerprint density at radius 3 is 2.86 bits per heavy atom. The molecule has 1 amide bonds. The van der Waals surface area contributed by atoms with Crippen LogP contribution in [0.25, 0.3) is 16.2 Å². The highest BCUT2D eigenvalue weighted by Crippen LogP contribution is 2.34. The molecule has 0 unspecified atom stereocenters. The molecule has 0 saturated carbocycles. The number of carbonyl (C=O) groups excluding carboxylic acids is 1. The standard InChI is InChI=1S/C20H25N5O2S/c1-3-27-13-16(26)21-18-17(15-9-7-8-14(2)12-15)22-19-25(18)23-20(28-19)24-10-5-4-6-11-24/h7-9,12H,3-6,10-11,13H2,1-2H3,(H,21,26). The van der Waals surface area contributed by atoms with Gasteiger partial charge in [0.25, 0.3) is 5.91 Å². The van der Waals surface area contributed by atoms with Crippen molar-refractivity contribution in [2.45, 2.75) is 33.1 Å². The zero-order chi connectivity index (χ0) is 19.5. The third kappa shape index (κ3) is 3.88. The molecular formula is C20H25N5O2S. The summed E-state index contributed by atoms with van der Waals surface area (Å²) in [6.45, 7) is 6.46. The molecule has 4 rings (SSSR count). The number of nitrogens with zero attached hydrogens (tertiary/aromatic N) is 4. The van der Waals surface area contributed by atoms with Crippen molar-refractivity contribution < 1.29 is 9.53 Å². The number of imidazole rings is 1. The van der Waals surface area contributed by atoms with Gasteiger partial charge in [0.2, 0.25) is 10.1 Å². The Kier molecular flexibility index (Phi) is 5.59. The SMILES string of the molecule is CCOCC(=O)Nc1c(-c2cccc(C)c2)nc2sc(N3CCCCC3)nn12. The van der Waals surface area contributed by atoms with Crippen LogP contribution in [0, 0.1) is 6.92 Å². The van der Waals surface area contributed by atoms with Crippen LogP contribution in [0.4, 0.5) is 10.9 Å². The van der Waals surface area contributed by atoms with Gasteiger partial charge in [0.15, 0.2) is 5.82 Å². The summed E-state index contributed by atoms with van der Waals surface area (Å²) in [4.78, 5) is 20.3. The fraction of sp³-hybridized carbons (Fsp3) is 0.450. The molecule has 1 aromatic carbocycles. The van der Waals surface area contributed by atoms with Crippen LogP contribution < -0.4 is 10.2 Å². The first-order chi connectivity index (χ1) is 13.7. The maximum absolute atomic E-state index is 12.4. The molecule has 1 saturated heterocycles. The number of hydrogen-bond acceptors (Lipinski definition) is 6. The van der Waals surface area contributed by atoms with Gasteiger partial charge in [-0.2, -0.15) is 4.52 Å². The first-order valence-corrected chi connectivity index (χ1v) is 10.6. The summed E-state index contributed by atoms with van der Waals surface area (Å²) in [7, 11) is 0. The number of aromatic nitrogens is 3. The molecule has 7 nitrogen and oxygen atoms in total. The molecule has 0 radical (unpaired) electrons. The van der Waals surface area contributed by atoms with E-state index in [2.05, 4.69) is 16.3 Å². The van der Waals surface area contributed by atoms with E-state index in [9.17, 15) is 4.79 Å². The summed E-state index contributed by atoms with van der Waals surface area (Å²) in [5, 5.41) is 8.70. The fourth-order valence-corrected chi connectivity index (χ4v) is 4.37. The molecule has 0 atom stereocenters. The molecule has 0 spiro atoms. The third-order valence-electron chi connectivity index (χ3n) is 4.81. The molecule has 0 aliphatic carbocycles. The Hall–Kier alpha value is -2.45. The molecule has 0 bridgehead atoms. The van der Waals surface area contributed by atoms with Crippen LogP contribution in [0.2, 0.25) is 0 Å². The summed E-state index contributed by atoms with van der Waals surface area (Å²) < 4.78 is 7.01. The quantitative estimate of drug-likeness (QED) is 0.684. The average molecular weight is 400 g/mol. The van der Waals surface area contributed by atoms with E-state index in [1.165, 1.54) is 19.3 Å². The van der Waals surface area contributed by atoms with Crippen molar-refractivity contribution in [1.82, 2.24) is 14.6 Å². The van der Waals surface area contributed by atoms with Crippen LogP contribution in [0.15, 0.2) is 24.3 Å². The number of carbonyl (C=O) groups is 1. The van der Waals surface area contributed by atoms with E-state index in [-0.39, 0.29) is 12.5 Å². The maximum Gasteiger partial charge on any atom is 0.251 e. The number of rotatable bonds is 6. The minimum atomic E-state index is -0.204. The summed E-state index contributed by atoms with van der Waals surface area (Å²) in [6.07, 6.45) is 3.65. The van der Waals surface area contributed by atoms with Crippen LogP contribution in [-0.2, 0) is 9.53 Å². The average Bonchev–Trinajstić information content (AvgIpc) is 3.26. The second-order valence-corrected chi connectivity index (χ2v) is 7.92. The lowest BCUT2D eigenvalue weighted by molar-refractivity contribution is -0.120. The monoisotopic (exact) mass is 399 g/mol. The molecular weight excluding hydrogens is 374 g/mol. The number of anilines is 2. The van der Waals surface area contributed by atoms with E-state index in [0.717, 1.165) is 40.0 Å². The van der Waals surface area contributed by atoms with Crippen molar-refractivity contribution in [1.29, 1.82) is 0 Å². The van der Waals surface area contributed by atoms with Crippen LogP contribution in [0.1, 0.15) is 31.7 Å². The van der Waals surface area contributed by atoms with Gasteiger partial charge in [0.05, 0.1) is 0 Å². The molecule has 1 N–H and O–H groups in total. The van der Waals surface area contributed by atoms with Crippen molar-refractivity contribution in [3.8, 4) is 11.3 Å². The van der Waals surface area contributed by atoms with Gasteiger partial charge in [0.1, 0.15) is 12.3 Å². The van der Waals surface area contributed by atoms with Crippen LogP contribution >= 0.6 is 11.3 Å². The minimum absolute atomic E-state index is 0.0140. The van der Waals surface area contributed by atoms with Gasteiger partial charge in [-0.3, -0.25) is 4.79 Å². The predicted octanol–water partition coefficient (Wildman–Crippen LogP) is 3.73. The number of amides is 1. The number of piperidine rings is 1. The summed E-state index contributed by atoms with van der Waals surface area (Å²) in [5.41, 5.74) is 2.84. The minimum Gasteiger partial charge on any atom is -0.372 e. The van der Waals surface area contributed by atoms with E-state index in [1.54, 1.807) is 15.9 Å². The van der Waals surface area contributed by atoms with Crippen molar-refractivity contribution >= 4 is 33.2 Å². The zero-order valence-electron chi connectivity index (χ0n) is 16.3. The normalized spacial score (nSPS) is 14.6. The number of hydrogen-bond donors (Lipinski definition) is 1. The van der Waals surface area contributed by atoms with Gasteiger partial charge in [0, 0.05) is 25.3 Å². The molecule has 148 valence electrons. The summed E-state index contributed by atoms with van der Waals surface area (Å²) in [6, 6.07) is 8.11. The topological polar surface area (TPSA) is 71.8 Å². The highest BCUT2D eigenvalue weighted by molar-refractivity contribution is 7.20. The summed E-state index contributed by atoms with van der Waals surface area (Å²) >= 11 is 1.57. The van der Waals surface area contributed by atoms with E-state index in [0.29, 0.717) is 12.4 Å². The lowest BCUT2D eigenvalue weighted by Crippen LogP contribution is -2.29. The molecule has 3 aromatic rings. The van der Waals surface area contributed by atoms with Crippen LogP contribution in [0.3, 0.4) is 0 Å². The number of fused-ring (bicyclic) bond motifs is 1. The maximum atomic E-state index is 12.4. The van der Waals surface area contributed by atoms with E-state index < -0.39 is 0 Å². The van der Waals surface area contributed by atoms with Gasteiger partial charge in [-0.25, -0.2) is 4.98 Å². The predicted molar refractivity (Wildman–Crippen MR) is 112 cm³/mol. The van der Waals surface area contributed by atoms with Crippen molar-refractivity contribution in [2.75, 3.05) is 36.5 Å². The second kappa shape index (κ2) is 8.28. The molecule has 3 heterocycles. The Bertz CT molecular complexity index is 974. The van der Waals surface area contributed by atoms with Crippen molar-refractivity contribution in [2.24, 2.45) is 0 Å².